The van der Waals surface area contributed by atoms with Crippen LogP contribution in [0.5, 0.6) is 5.88 Å². The van der Waals surface area contributed by atoms with E-state index in [1.165, 1.54) is 29.4 Å². The number of allylic oxidation sites excluding steroid dienone is 1. The van der Waals surface area contributed by atoms with Gasteiger partial charge in [-0.15, -0.1) is 0 Å². The van der Waals surface area contributed by atoms with E-state index in [1.54, 1.807) is 13.0 Å². The Bertz CT molecular complexity index is 2330. The predicted octanol–water partition coefficient (Wildman–Crippen LogP) is 4.06. The standard InChI is InChI=1S/C39H41FN6O8S/c1-38(16-17-38)55(51,52)45-37(50)39-21-23(39)9-5-3-2-4-6-12-30(41-33(47)29-15-18-53-44-29)36(49)46-22-25(20-32(46)34(48)43-39)54-35-28-11-8-7-10-26(28)27-14-13-24(40)19-31(27)42-35/h5,7-11,13-15,18-19,23,25,30,32H,2-4,6,12,16-17,20-22H2,1H3,(H,41,47)(H,43,48)(H,45,50)/b9-5-/t23-,25-,30+,32+,39-/m1/s1. The van der Waals surface area contributed by atoms with E-state index in [0.717, 1.165) is 23.6 Å². The molecule has 0 bridgehead atoms. The van der Waals surface area contributed by atoms with Gasteiger partial charge < -0.3 is 24.8 Å². The molecule has 288 valence electrons. The number of halogens is 1. The van der Waals surface area contributed by atoms with Gasteiger partial charge in [0.1, 0.15) is 35.8 Å². The first-order chi connectivity index (χ1) is 26.4. The molecule has 4 aliphatic rings. The van der Waals surface area contributed by atoms with Gasteiger partial charge in [-0.1, -0.05) is 48.3 Å². The van der Waals surface area contributed by atoms with Gasteiger partial charge in [0.15, 0.2) is 5.69 Å². The zero-order chi connectivity index (χ0) is 38.5. The molecule has 4 amide bonds. The van der Waals surface area contributed by atoms with E-state index in [0.29, 0.717) is 36.6 Å². The number of amides is 4. The zero-order valence-corrected chi connectivity index (χ0v) is 30.9. The monoisotopic (exact) mass is 772 g/mol. The van der Waals surface area contributed by atoms with Gasteiger partial charge >= 0.3 is 0 Å². The lowest BCUT2D eigenvalue weighted by Crippen LogP contribution is -2.58. The van der Waals surface area contributed by atoms with Crippen LogP contribution in [0, 0.1) is 11.7 Å². The van der Waals surface area contributed by atoms with Gasteiger partial charge in [-0.05, 0) is 69.0 Å². The summed E-state index contributed by atoms with van der Waals surface area (Å²) in [6, 6.07) is 10.8. The fourth-order valence-electron chi connectivity index (χ4n) is 7.66. The van der Waals surface area contributed by atoms with E-state index in [9.17, 15) is 32.0 Å². The number of benzene rings is 2. The van der Waals surface area contributed by atoms with Gasteiger partial charge in [0.25, 0.3) is 11.8 Å². The van der Waals surface area contributed by atoms with Gasteiger partial charge in [0.2, 0.25) is 27.7 Å². The maximum Gasteiger partial charge on any atom is 0.274 e. The molecule has 14 nitrogen and oxygen atoms in total. The van der Waals surface area contributed by atoms with Gasteiger partial charge in [0, 0.05) is 35.2 Å². The zero-order valence-electron chi connectivity index (χ0n) is 30.1. The fourth-order valence-corrected chi connectivity index (χ4v) is 8.97. The van der Waals surface area contributed by atoms with E-state index in [1.807, 2.05) is 36.4 Å². The summed E-state index contributed by atoms with van der Waals surface area (Å²) in [6.45, 7) is 1.49. The topological polar surface area (TPSA) is 190 Å². The third-order valence-electron chi connectivity index (χ3n) is 11.4. The molecule has 3 fully saturated rings. The molecule has 4 heterocycles. The van der Waals surface area contributed by atoms with Crippen molar-refractivity contribution in [3.63, 3.8) is 0 Å². The number of hydrogen-bond donors (Lipinski definition) is 3. The Labute approximate surface area is 316 Å². The Hall–Kier alpha value is -5.38. The second kappa shape index (κ2) is 14.0. The SMILES string of the molecule is CC1(S(=O)(=O)NC(=O)[C@@]23C[C@H]2/C=C\CCCCC[C@H](NC(=O)c2ccon2)C(=O)N2C[C@H](Oc4nc5cc(F)ccc5c5ccccc45)C[C@H]2C(=O)N3)CC1. The first-order valence-electron chi connectivity index (χ1n) is 18.6. The summed E-state index contributed by atoms with van der Waals surface area (Å²) in [5.74, 6) is -3.41. The van der Waals surface area contributed by atoms with Gasteiger partial charge in [0.05, 0.1) is 16.8 Å². The van der Waals surface area contributed by atoms with Gasteiger partial charge in [-0.3, -0.25) is 23.9 Å². The number of nitrogens with zero attached hydrogens (tertiary/aromatic N) is 3. The lowest BCUT2D eigenvalue weighted by Gasteiger charge is -2.30. The van der Waals surface area contributed by atoms with Crippen LogP contribution in [-0.4, -0.2) is 82.1 Å². The lowest BCUT2D eigenvalue weighted by molar-refractivity contribution is -0.141. The van der Waals surface area contributed by atoms with E-state index in [2.05, 4.69) is 25.5 Å². The number of rotatable bonds is 7. The quantitative estimate of drug-likeness (QED) is 0.183. The van der Waals surface area contributed by atoms with Crippen LogP contribution in [0.3, 0.4) is 0 Å². The number of nitrogens with one attached hydrogen (secondary N) is 3. The van der Waals surface area contributed by atoms with Crippen molar-refractivity contribution in [2.75, 3.05) is 6.54 Å². The van der Waals surface area contributed by atoms with Crippen molar-refractivity contribution in [2.45, 2.75) is 93.2 Å². The highest BCUT2D eigenvalue weighted by Gasteiger charge is 2.63. The van der Waals surface area contributed by atoms with E-state index >= 15 is 0 Å². The van der Waals surface area contributed by atoms with E-state index in [4.69, 9.17) is 9.26 Å². The Kier molecular flexibility index (Phi) is 9.34. The molecule has 2 aromatic carbocycles. The third-order valence-corrected chi connectivity index (χ3v) is 13.5. The van der Waals surface area contributed by atoms with Crippen LogP contribution in [0.1, 0.15) is 75.2 Å². The molecule has 3 N–H and O–H groups in total. The van der Waals surface area contributed by atoms with Crippen molar-refractivity contribution < 1.29 is 41.2 Å². The predicted molar refractivity (Wildman–Crippen MR) is 197 cm³/mol. The summed E-state index contributed by atoms with van der Waals surface area (Å²) in [6.07, 6.45) is 8.24. The summed E-state index contributed by atoms with van der Waals surface area (Å²) in [4.78, 5) is 62.0. The Morgan fingerprint density at radius 2 is 1.85 bits per heavy atom. The molecule has 1 saturated heterocycles. The van der Waals surface area contributed by atoms with Gasteiger partial charge in [-0.25, -0.2) is 17.8 Å². The lowest BCUT2D eigenvalue weighted by atomic mass is 10.0. The van der Waals surface area contributed by atoms with Crippen LogP contribution in [0.4, 0.5) is 4.39 Å². The largest absolute Gasteiger partial charge is 0.472 e. The molecular formula is C39H41FN6O8S. The first-order valence-corrected chi connectivity index (χ1v) is 20.1. The minimum Gasteiger partial charge on any atom is -0.472 e. The number of sulfonamides is 1. The highest BCUT2D eigenvalue weighted by molar-refractivity contribution is 7.91. The molecule has 2 saturated carbocycles. The Morgan fingerprint density at radius 3 is 2.62 bits per heavy atom. The molecule has 16 heteroatoms. The van der Waals surface area contributed by atoms with Crippen LogP contribution < -0.4 is 20.1 Å². The molecule has 5 atom stereocenters. The molecule has 0 unspecified atom stereocenters. The number of ether oxygens (including phenoxy) is 1. The highest BCUT2D eigenvalue weighted by Crippen LogP contribution is 2.47. The summed E-state index contributed by atoms with van der Waals surface area (Å²) >= 11 is 0. The minimum absolute atomic E-state index is 0.0146. The second-order valence-corrected chi connectivity index (χ2v) is 17.4. The van der Waals surface area contributed by atoms with Crippen molar-refractivity contribution in [3.05, 3.63) is 78.5 Å². The molecule has 4 aromatic rings. The number of pyridine rings is 1. The summed E-state index contributed by atoms with van der Waals surface area (Å²) in [7, 11) is -4.02. The van der Waals surface area contributed by atoms with Crippen LogP contribution >= 0.6 is 0 Å². The average molecular weight is 773 g/mol. The number of aromatic nitrogens is 2. The van der Waals surface area contributed by atoms with Crippen molar-refractivity contribution in [1.82, 2.24) is 30.4 Å². The van der Waals surface area contributed by atoms with Crippen molar-refractivity contribution in [2.24, 2.45) is 5.92 Å². The molecule has 0 spiro atoms. The van der Waals surface area contributed by atoms with Crippen LogP contribution in [0.15, 0.2) is 71.5 Å². The number of fused-ring (bicyclic) bond motifs is 5. The van der Waals surface area contributed by atoms with Gasteiger partial charge in [-0.2, -0.15) is 0 Å². The molecule has 0 radical (unpaired) electrons. The Morgan fingerprint density at radius 1 is 1.05 bits per heavy atom. The Balaban J connectivity index is 1.13. The van der Waals surface area contributed by atoms with Crippen LogP contribution in [0.25, 0.3) is 21.7 Å². The molecule has 55 heavy (non-hydrogen) atoms. The van der Waals surface area contributed by atoms with Crippen LogP contribution in [0.2, 0.25) is 0 Å². The summed E-state index contributed by atoms with van der Waals surface area (Å²) in [5, 5.41) is 11.5. The van der Waals surface area contributed by atoms with Crippen molar-refractivity contribution >= 4 is 55.3 Å². The molecule has 2 aliphatic heterocycles. The molecule has 2 aromatic heterocycles. The van der Waals surface area contributed by atoms with Crippen molar-refractivity contribution in [3.8, 4) is 5.88 Å². The summed E-state index contributed by atoms with van der Waals surface area (Å²) in [5.41, 5.74) is -1.21. The number of carbonyl (C=O) groups is 4. The summed E-state index contributed by atoms with van der Waals surface area (Å²) < 4.78 is 53.2. The second-order valence-electron chi connectivity index (χ2n) is 15.2. The average Bonchev–Trinajstić information content (AvgIpc) is 3.91. The molecule has 8 rings (SSSR count). The molecule has 2 aliphatic carbocycles. The normalized spacial score (nSPS) is 27.2. The highest BCUT2D eigenvalue weighted by atomic mass is 32.2. The molecular weight excluding hydrogens is 732 g/mol. The van der Waals surface area contributed by atoms with E-state index < -0.39 is 73.9 Å². The first kappa shape index (κ1) is 36.6. The number of carbonyl (C=O) groups excluding carboxylic acids is 4. The van der Waals surface area contributed by atoms with Crippen molar-refractivity contribution in [1.29, 1.82) is 0 Å². The maximum absolute atomic E-state index is 14.6. The van der Waals surface area contributed by atoms with Crippen LogP contribution in [-0.2, 0) is 24.4 Å². The minimum atomic E-state index is -4.02. The third kappa shape index (κ3) is 7.03. The smallest absolute Gasteiger partial charge is 0.274 e. The fraction of sp³-hybridized carbons (Fsp3) is 0.436. The van der Waals surface area contributed by atoms with E-state index in [-0.39, 0.29) is 37.4 Å². The number of hydrogen-bond acceptors (Lipinski definition) is 10. The maximum atomic E-state index is 14.6.